The monoisotopic (exact) mass is 488 g/mol. The first-order valence-electron chi connectivity index (χ1n) is 11.3. The number of carboxylic acids is 1. The molecular weight excluding hydrogens is 458 g/mol. The summed E-state index contributed by atoms with van der Waals surface area (Å²) in [5.41, 5.74) is -0.0113. The lowest BCUT2D eigenvalue weighted by Crippen LogP contribution is -2.66. The van der Waals surface area contributed by atoms with Crippen molar-refractivity contribution in [2.75, 3.05) is 39.4 Å². The van der Waals surface area contributed by atoms with Crippen LogP contribution in [0.2, 0.25) is 0 Å². The molecule has 33 heavy (non-hydrogen) atoms. The van der Waals surface area contributed by atoms with Gasteiger partial charge in [0.05, 0.1) is 25.2 Å². The van der Waals surface area contributed by atoms with Gasteiger partial charge in [-0.3, -0.25) is 14.5 Å². The lowest BCUT2D eigenvalue weighted by atomic mass is 9.78. The number of rotatable bonds is 8. The number of carbonyl (C=O) groups is 3. The first kappa shape index (κ1) is 24.4. The Kier molecular flexibility index (Phi) is 7.27. The maximum absolute atomic E-state index is 12.8. The highest BCUT2D eigenvalue weighted by atomic mass is 32.2. The van der Waals surface area contributed by atoms with Gasteiger partial charge < -0.3 is 25.4 Å². The molecule has 0 aliphatic carbocycles. The van der Waals surface area contributed by atoms with Crippen molar-refractivity contribution >= 4 is 29.5 Å². The van der Waals surface area contributed by atoms with E-state index < -0.39 is 42.2 Å². The molecule has 4 aliphatic heterocycles. The minimum absolute atomic E-state index is 0.0113. The van der Waals surface area contributed by atoms with E-state index in [0.717, 1.165) is 45.8 Å². The molecule has 4 heterocycles. The van der Waals surface area contributed by atoms with Gasteiger partial charge in [0.15, 0.2) is 0 Å². The van der Waals surface area contributed by atoms with E-state index in [1.54, 1.807) is 0 Å². The van der Waals surface area contributed by atoms with Crippen LogP contribution in [-0.4, -0.2) is 102 Å². The largest absolute Gasteiger partial charge is 0.477 e. The van der Waals surface area contributed by atoms with Crippen molar-refractivity contribution in [3.8, 4) is 0 Å². The number of carbonyl (C=O) groups excluding carboxylic acids is 2. The minimum atomic E-state index is -3.17. The fourth-order valence-corrected chi connectivity index (χ4v) is 6.88. The predicted octanol–water partition coefficient (Wildman–Crippen LogP) is 0.325. The summed E-state index contributed by atoms with van der Waals surface area (Å²) in [6.45, 7) is 8.31. The summed E-state index contributed by atoms with van der Waals surface area (Å²) in [4.78, 5) is 40.6. The number of fused-ring (bicyclic) bond motifs is 1. The lowest BCUT2D eigenvalue weighted by molar-refractivity contribution is -0.159. The number of β-lactam (4-membered cyclic amide) rings is 1. The van der Waals surface area contributed by atoms with Crippen LogP contribution in [-0.2, 0) is 19.1 Å². The van der Waals surface area contributed by atoms with Gasteiger partial charge in [0.25, 0.3) is 5.91 Å². The summed E-state index contributed by atoms with van der Waals surface area (Å²) < 4.78 is 30.7. The summed E-state index contributed by atoms with van der Waals surface area (Å²) in [7, 11) is 0. The number of ether oxygens (including phenoxy) is 1. The number of thioether (sulfide) groups is 1. The van der Waals surface area contributed by atoms with Crippen LogP contribution in [0.1, 0.15) is 20.3 Å². The Balaban J connectivity index is 1.41. The summed E-state index contributed by atoms with van der Waals surface area (Å²) in [6.07, 6.45) is -2.28. The van der Waals surface area contributed by atoms with Gasteiger partial charge >= 0.3 is 12.4 Å². The highest BCUT2D eigenvalue weighted by Gasteiger charge is 2.60. The smallest absolute Gasteiger partial charge is 0.353 e. The SMILES string of the molecule is C[C@@H](NC(=O)C(F)F)[C@H]1C(=O)N2C(C(=O)O)=C(S[C@@H]3CN[C@H](CN4CCOCC4)C3)[C@H](C)[C@H]12. The van der Waals surface area contributed by atoms with Crippen LogP contribution in [0.25, 0.3) is 0 Å². The molecule has 3 N–H and O–H groups in total. The molecule has 0 unspecified atom stereocenters. The van der Waals surface area contributed by atoms with Crippen molar-refractivity contribution in [1.29, 1.82) is 0 Å². The molecule has 0 bridgehead atoms. The second-order valence-corrected chi connectivity index (χ2v) is 10.5. The minimum Gasteiger partial charge on any atom is -0.477 e. The van der Waals surface area contributed by atoms with Crippen LogP contribution in [0.4, 0.5) is 8.78 Å². The molecule has 4 aliphatic rings. The number of hydrogen-bond acceptors (Lipinski definition) is 7. The molecule has 2 amide bonds. The number of carboxylic acid groups (broad SMARTS) is 1. The maximum Gasteiger partial charge on any atom is 0.353 e. The van der Waals surface area contributed by atoms with E-state index >= 15 is 0 Å². The third-order valence-electron chi connectivity index (χ3n) is 6.96. The zero-order valence-corrected chi connectivity index (χ0v) is 19.4. The molecule has 0 aromatic carbocycles. The summed E-state index contributed by atoms with van der Waals surface area (Å²) in [6, 6.07) is -0.965. The molecular formula is C21H30F2N4O5S. The number of nitrogens with one attached hydrogen (secondary N) is 2. The Morgan fingerprint density at radius 2 is 2.03 bits per heavy atom. The van der Waals surface area contributed by atoms with Gasteiger partial charge in [0.2, 0.25) is 5.91 Å². The van der Waals surface area contributed by atoms with E-state index in [9.17, 15) is 28.3 Å². The summed E-state index contributed by atoms with van der Waals surface area (Å²) in [5.74, 6) is -4.03. The van der Waals surface area contributed by atoms with Gasteiger partial charge in [0, 0.05) is 54.3 Å². The molecule has 0 aromatic heterocycles. The molecule has 6 atom stereocenters. The Morgan fingerprint density at radius 3 is 2.67 bits per heavy atom. The number of alkyl halides is 2. The zero-order valence-electron chi connectivity index (χ0n) is 18.6. The van der Waals surface area contributed by atoms with Gasteiger partial charge in [-0.2, -0.15) is 8.78 Å². The first-order valence-corrected chi connectivity index (χ1v) is 12.2. The molecule has 9 nitrogen and oxygen atoms in total. The first-order chi connectivity index (χ1) is 15.7. The van der Waals surface area contributed by atoms with Gasteiger partial charge in [-0.15, -0.1) is 11.8 Å². The summed E-state index contributed by atoms with van der Waals surface area (Å²) >= 11 is 1.50. The number of amides is 2. The molecule has 12 heteroatoms. The third kappa shape index (κ3) is 4.75. The molecule has 0 radical (unpaired) electrons. The van der Waals surface area contributed by atoms with E-state index in [0.29, 0.717) is 10.9 Å². The second kappa shape index (κ2) is 9.85. The van der Waals surface area contributed by atoms with Gasteiger partial charge in [-0.25, -0.2) is 4.79 Å². The van der Waals surface area contributed by atoms with Crippen molar-refractivity contribution in [1.82, 2.24) is 20.4 Å². The highest BCUT2D eigenvalue weighted by molar-refractivity contribution is 8.03. The zero-order chi connectivity index (χ0) is 23.9. The number of nitrogens with zero attached hydrogens (tertiary/aromatic N) is 2. The third-order valence-corrected chi connectivity index (χ3v) is 8.47. The van der Waals surface area contributed by atoms with E-state index in [1.807, 2.05) is 6.92 Å². The van der Waals surface area contributed by atoms with Gasteiger partial charge in [-0.1, -0.05) is 6.92 Å². The Morgan fingerprint density at radius 1 is 1.33 bits per heavy atom. The van der Waals surface area contributed by atoms with Crippen LogP contribution >= 0.6 is 11.8 Å². The molecule has 3 saturated heterocycles. The van der Waals surface area contributed by atoms with Gasteiger partial charge in [0.1, 0.15) is 5.70 Å². The molecule has 3 fully saturated rings. The van der Waals surface area contributed by atoms with Crippen LogP contribution in [0, 0.1) is 11.8 Å². The van der Waals surface area contributed by atoms with E-state index in [1.165, 1.54) is 23.6 Å². The number of aliphatic carboxylic acids is 1. The van der Waals surface area contributed by atoms with Crippen LogP contribution < -0.4 is 10.6 Å². The highest BCUT2D eigenvalue weighted by Crippen LogP contribution is 2.51. The maximum atomic E-state index is 12.8. The van der Waals surface area contributed by atoms with Crippen molar-refractivity contribution in [2.24, 2.45) is 11.8 Å². The average molecular weight is 489 g/mol. The molecule has 0 saturated carbocycles. The Labute approximate surface area is 195 Å². The second-order valence-electron chi connectivity index (χ2n) is 9.12. The molecule has 0 aromatic rings. The topological polar surface area (TPSA) is 111 Å². The molecule has 4 rings (SSSR count). The van der Waals surface area contributed by atoms with Crippen LogP contribution in [0.3, 0.4) is 0 Å². The fourth-order valence-electron chi connectivity index (χ4n) is 5.36. The quantitative estimate of drug-likeness (QED) is 0.419. The van der Waals surface area contributed by atoms with E-state index in [-0.39, 0.29) is 16.9 Å². The Bertz CT molecular complexity index is 837. The number of hydrogen-bond donors (Lipinski definition) is 3. The van der Waals surface area contributed by atoms with Crippen molar-refractivity contribution in [2.45, 2.75) is 50.1 Å². The lowest BCUT2D eigenvalue weighted by Gasteiger charge is -2.47. The number of halogens is 2. The summed E-state index contributed by atoms with van der Waals surface area (Å²) in [5, 5.41) is 15.7. The molecule has 184 valence electrons. The number of morpholine rings is 1. The Hall–Kier alpha value is -1.76. The normalized spacial score (nSPS) is 33.3. The van der Waals surface area contributed by atoms with Crippen LogP contribution in [0.5, 0.6) is 0 Å². The fraction of sp³-hybridized carbons (Fsp3) is 0.762. The van der Waals surface area contributed by atoms with Crippen LogP contribution in [0.15, 0.2) is 10.6 Å². The standard InChI is InChI=1S/C21H30F2N4O5S/c1-10-15-14(11(2)25-19(28)18(22)23)20(29)27(15)16(21(30)31)17(10)33-13-7-12(24-8-13)9-26-3-5-32-6-4-26/h10-15,18,24H,3-9H2,1-2H3,(H,25,28)(H,30,31)/t10-,11-,12+,13+,14-,15-/m1/s1. The predicted molar refractivity (Wildman–Crippen MR) is 117 cm³/mol. The van der Waals surface area contributed by atoms with Crippen molar-refractivity contribution in [3.05, 3.63) is 10.6 Å². The van der Waals surface area contributed by atoms with Crippen molar-refractivity contribution < 1.29 is 33.0 Å². The van der Waals surface area contributed by atoms with E-state index in [4.69, 9.17) is 4.74 Å². The molecule has 0 spiro atoms. The van der Waals surface area contributed by atoms with E-state index in [2.05, 4.69) is 15.5 Å². The average Bonchev–Trinajstić information content (AvgIpc) is 3.29. The van der Waals surface area contributed by atoms with Gasteiger partial charge in [-0.05, 0) is 13.3 Å². The van der Waals surface area contributed by atoms with Crippen molar-refractivity contribution in [3.63, 3.8) is 0 Å².